The molecule has 3 N–H and O–H groups in total. The maximum absolute atomic E-state index is 12.5. The summed E-state index contributed by atoms with van der Waals surface area (Å²) in [5.41, 5.74) is 0. The minimum Gasteiger partial charge on any atom is -0.394 e. The van der Waals surface area contributed by atoms with E-state index in [0.29, 0.717) is 12.8 Å². The lowest BCUT2D eigenvalue weighted by atomic mass is 10.0. The molecule has 0 spiro atoms. The average Bonchev–Trinajstić information content (AvgIpc) is 3.32. The second-order valence-corrected chi connectivity index (χ2v) is 18.6. The highest BCUT2D eigenvalue weighted by Gasteiger charge is 2.20. The SMILES string of the molecule is CC/C=C\C/C=C\C/C=C\C/C=C\C/C=C\C/C=C\C/C=C\C/C=C\C/C=C\CCCCCCCCCCCC(=O)NC(CO)C(O)CCCCCCCCCCCCCCCCCCC. The lowest BCUT2D eigenvalue weighted by Gasteiger charge is -2.22. The molecule has 1 amide bonds. The third kappa shape index (κ3) is 52.0. The number of nitrogens with one attached hydrogen (secondary N) is 1. The fraction of sp³-hybridized carbons (Fsp3) is 0.694. The highest BCUT2D eigenvalue weighted by atomic mass is 16.3. The maximum atomic E-state index is 12.5. The van der Waals surface area contributed by atoms with Crippen LogP contribution in [0.2, 0.25) is 0 Å². The fourth-order valence-electron chi connectivity index (χ4n) is 8.06. The summed E-state index contributed by atoms with van der Waals surface area (Å²) in [4.78, 5) is 12.5. The molecule has 0 aromatic carbocycles. The lowest BCUT2D eigenvalue weighted by Crippen LogP contribution is -2.45. The van der Waals surface area contributed by atoms with Crippen LogP contribution in [-0.4, -0.2) is 34.9 Å². The number of unbranched alkanes of at least 4 members (excludes halogenated alkanes) is 25. The minimum atomic E-state index is -0.669. The van der Waals surface area contributed by atoms with E-state index in [2.05, 4.69) is 129 Å². The topological polar surface area (TPSA) is 69.6 Å². The Labute approximate surface area is 410 Å². The van der Waals surface area contributed by atoms with Crippen LogP contribution in [0, 0.1) is 0 Å². The zero-order chi connectivity index (χ0) is 47.7. The predicted molar refractivity (Wildman–Crippen MR) is 294 cm³/mol. The maximum Gasteiger partial charge on any atom is 0.220 e. The van der Waals surface area contributed by atoms with E-state index in [0.717, 1.165) is 83.5 Å². The van der Waals surface area contributed by atoms with Crippen LogP contribution in [0.4, 0.5) is 0 Å². The highest BCUT2D eigenvalue weighted by molar-refractivity contribution is 5.76. The summed E-state index contributed by atoms with van der Waals surface area (Å²) in [7, 11) is 0. The van der Waals surface area contributed by atoms with E-state index in [-0.39, 0.29) is 12.5 Å². The van der Waals surface area contributed by atoms with Crippen LogP contribution >= 0.6 is 0 Å². The molecule has 378 valence electrons. The summed E-state index contributed by atoms with van der Waals surface area (Å²) in [6.45, 7) is 4.25. The Balaban J connectivity index is 3.58. The van der Waals surface area contributed by atoms with Gasteiger partial charge in [0.15, 0.2) is 0 Å². The number of hydrogen-bond acceptors (Lipinski definition) is 3. The van der Waals surface area contributed by atoms with E-state index in [1.807, 2.05) is 0 Å². The third-order valence-corrected chi connectivity index (χ3v) is 12.3. The van der Waals surface area contributed by atoms with Gasteiger partial charge in [0, 0.05) is 6.42 Å². The molecular formula is C62H107NO3. The van der Waals surface area contributed by atoms with Crippen molar-refractivity contribution in [1.82, 2.24) is 5.32 Å². The molecule has 0 aliphatic rings. The fourth-order valence-corrected chi connectivity index (χ4v) is 8.06. The van der Waals surface area contributed by atoms with Crippen LogP contribution in [-0.2, 0) is 4.79 Å². The molecule has 0 aliphatic heterocycles. The smallest absolute Gasteiger partial charge is 0.220 e. The minimum absolute atomic E-state index is 0.0406. The summed E-state index contributed by atoms with van der Waals surface area (Å²) in [5.74, 6) is -0.0406. The number of carbonyl (C=O) groups is 1. The summed E-state index contributed by atoms with van der Waals surface area (Å²) >= 11 is 0. The molecule has 66 heavy (non-hydrogen) atoms. The standard InChI is InChI=1S/C62H107NO3/c1-3-5-7-9-11-13-15-17-19-21-22-23-24-25-26-27-28-29-30-31-32-33-34-35-36-37-38-39-40-42-44-46-48-50-52-54-56-58-62(66)63-60(59-64)61(65)57-55-53-51-49-47-45-43-41-20-18-16-14-12-10-8-6-4-2/h5,7,11,13,17,19,22-23,25-26,28-29,31-32,34-35,37-38,60-61,64-65H,3-4,6,8-10,12,14-16,18,20-21,24,27,30,33,36,39-59H2,1-2H3,(H,63,66)/b7-5-,13-11-,19-17-,23-22-,26-25-,29-28-,32-31-,35-34-,38-37-. The Hall–Kier alpha value is -2.95. The first kappa shape index (κ1) is 63.0. The van der Waals surface area contributed by atoms with Gasteiger partial charge in [0.1, 0.15) is 0 Å². The number of amides is 1. The van der Waals surface area contributed by atoms with Crippen molar-refractivity contribution in [3.8, 4) is 0 Å². The van der Waals surface area contributed by atoms with E-state index in [1.54, 1.807) is 0 Å². The Kier molecular flexibility index (Phi) is 53.9. The van der Waals surface area contributed by atoms with E-state index in [4.69, 9.17) is 0 Å². The first-order chi connectivity index (χ1) is 32.7. The van der Waals surface area contributed by atoms with Crippen molar-refractivity contribution in [3.05, 3.63) is 109 Å². The van der Waals surface area contributed by atoms with Gasteiger partial charge in [-0.05, 0) is 83.5 Å². The predicted octanol–water partition coefficient (Wildman–Crippen LogP) is 18.7. The lowest BCUT2D eigenvalue weighted by molar-refractivity contribution is -0.123. The number of hydrogen-bond donors (Lipinski definition) is 3. The van der Waals surface area contributed by atoms with Crippen LogP contribution < -0.4 is 5.32 Å². The third-order valence-electron chi connectivity index (χ3n) is 12.3. The molecule has 2 unspecified atom stereocenters. The van der Waals surface area contributed by atoms with Gasteiger partial charge in [-0.25, -0.2) is 0 Å². The zero-order valence-electron chi connectivity index (χ0n) is 43.4. The molecule has 0 radical (unpaired) electrons. The van der Waals surface area contributed by atoms with Crippen molar-refractivity contribution < 1.29 is 15.0 Å². The van der Waals surface area contributed by atoms with Crippen LogP contribution in [0.1, 0.15) is 258 Å². The second-order valence-electron chi connectivity index (χ2n) is 18.6. The van der Waals surface area contributed by atoms with E-state index < -0.39 is 12.1 Å². The van der Waals surface area contributed by atoms with Crippen LogP contribution in [0.3, 0.4) is 0 Å². The van der Waals surface area contributed by atoms with Gasteiger partial charge in [0.05, 0.1) is 18.8 Å². The molecule has 0 bridgehead atoms. The van der Waals surface area contributed by atoms with Crippen LogP contribution in [0.25, 0.3) is 0 Å². The van der Waals surface area contributed by atoms with Gasteiger partial charge in [-0.2, -0.15) is 0 Å². The van der Waals surface area contributed by atoms with Gasteiger partial charge in [-0.3, -0.25) is 4.79 Å². The van der Waals surface area contributed by atoms with Crippen molar-refractivity contribution in [3.63, 3.8) is 0 Å². The first-order valence-electron chi connectivity index (χ1n) is 28.1. The monoisotopic (exact) mass is 914 g/mol. The number of aliphatic hydroxyl groups is 2. The zero-order valence-corrected chi connectivity index (χ0v) is 43.4. The van der Waals surface area contributed by atoms with Crippen molar-refractivity contribution in [1.29, 1.82) is 0 Å². The first-order valence-corrected chi connectivity index (χ1v) is 28.1. The van der Waals surface area contributed by atoms with Gasteiger partial charge in [-0.15, -0.1) is 0 Å². The number of allylic oxidation sites excluding steroid dienone is 18. The average molecular weight is 915 g/mol. The molecule has 0 saturated heterocycles. The van der Waals surface area contributed by atoms with Gasteiger partial charge >= 0.3 is 0 Å². The molecule has 0 rings (SSSR count). The summed E-state index contributed by atoms with van der Waals surface area (Å²) in [6, 6.07) is -0.547. The largest absolute Gasteiger partial charge is 0.394 e. The molecule has 0 fully saturated rings. The summed E-state index contributed by atoms with van der Waals surface area (Å²) < 4.78 is 0. The van der Waals surface area contributed by atoms with Gasteiger partial charge < -0.3 is 15.5 Å². The Morgan fingerprint density at radius 1 is 0.379 bits per heavy atom. The van der Waals surface area contributed by atoms with E-state index in [9.17, 15) is 15.0 Å². The quantitative estimate of drug-likeness (QED) is 0.0421. The Bertz CT molecular complexity index is 1270. The van der Waals surface area contributed by atoms with Crippen molar-refractivity contribution >= 4 is 5.91 Å². The number of carbonyl (C=O) groups excluding carboxylic acids is 1. The molecular weight excluding hydrogens is 807 g/mol. The van der Waals surface area contributed by atoms with Crippen LogP contribution in [0.5, 0.6) is 0 Å². The second kappa shape index (κ2) is 56.4. The molecule has 4 nitrogen and oxygen atoms in total. The van der Waals surface area contributed by atoms with Gasteiger partial charge in [0.2, 0.25) is 5.91 Å². The molecule has 4 heteroatoms. The Morgan fingerprint density at radius 3 is 1.00 bits per heavy atom. The van der Waals surface area contributed by atoms with Crippen molar-refractivity contribution in [2.24, 2.45) is 0 Å². The summed E-state index contributed by atoms with van der Waals surface area (Å²) in [5, 5.41) is 23.3. The molecule has 0 aliphatic carbocycles. The van der Waals surface area contributed by atoms with Crippen LogP contribution in [0.15, 0.2) is 109 Å². The van der Waals surface area contributed by atoms with Gasteiger partial charge in [-0.1, -0.05) is 277 Å². The molecule has 2 atom stereocenters. The normalized spacial score (nSPS) is 13.7. The van der Waals surface area contributed by atoms with E-state index >= 15 is 0 Å². The van der Waals surface area contributed by atoms with Crippen molar-refractivity contribution in [2.75, 3.05) is 6.61 Å². The molecule has 0 saturated carbocycles. The van der Waals surface area contributed by atoms with E-state index in [1.165, 1.54) is 148 Å². The van der Waals surface area contributed by atoms with Crippen molar-refractivity contribution in [2.45, 2.75) is 270 Å². The highest BCUT2D eigenvalue weighted by Crippen LogP contribution is 2.16. The molecule has 0 aromatic rings. The Morgan fingerprint density at radius 2 is 0.667 bits per heavy atom. The molecule has 0 aromatic heterocycles. The molecule has 0 heterocycles. The summed E-state index contributed by atoms with van der Waals surface area (Å²) in [6.07, 6.45) is 84.9. The van der Waals surface area contributed by atoms with Gasteiger partial charge in [0.25, 0.3) is 0 Å². The number of rotatable bonds is 50. The number of aliphatic hydroxyl groups excluding tert-OH is 2.